The fraction of sp³-hybridized carbons (Fsp3) is 0.500. The van der Waals surface area contributed by atoms with Gasteiger partial charge in [-0.25, -0.2) is 8.42 Å². The van der Waals surface area contributed by atoms with E-state index in [0.717, 1.165) is 5.70 Å². The van der Waals surface area contributed by atoms with Gasteiger partial charge in [-0.2, -0.15) is 4.72 Å². The third kappa shape index (κ3) is 2.02. The Morgan fingerprint density at radius 1 is 1.36 bits per heavy atom. The second-order valence-electron chi connectivity index (χ2n) is 3.36. The lowest BCUT2D eigenvalue weighted by Gasteiger charge is -2.22. The van der Waals surface area contributed by atoms with Crippen molar-refractivity contribution in [3.8, 4) is 0 Å². The van der Waals surface area contributed by atoms with Crippen molar-refractivity contribution in [2.24, 2.45) is 0 Å². The van der Waals surface area contributed by atoms with Crippen molar-refractivity contribution in [1.29, 1.82) is 0 Å². The molecule has 1 N–H and O–H groups in total. The van der Waals surface area contributed by atoms with Gasteiger partial charge >= 0.3 is 0 Å². The van der Waals surface area contributed by atoms with Crippen LogP contribution in [0.15, 0.2) is 11.1 Å². The predicted octanol–water partition coefficient (Wildman–Crippen LogP) is -0.371. The molecule has 1 radical (unpaired) electrons. The molecule has 0 unspecified atom stereocenters. The zero-order valence-electron chi connectivity index (χ0n) is 6.83. The van der Waals surface area contributed by atoms with E-state index >= 15 is 0 Å². The van der Waals surface area contributed by atoms with Gasteiger partial charge in [0.15, 0.2) is 0 Å². The van der Waals surface area contributed by atoms with Crippen LogP contribution in [-0.4, -0.2) is 34.0 Å². The summed E-state index contributed by atoms with van der Waals surface area (Å²) in [4.78, 5) is 0. The van der Waals surface area contributed by atoms with Crippen LogP contribution in [0.4, 0.5) is 0 Å². The Bertz CT molecular complexity index is 284. The second-order valence-corrected chi connectivity index (χ2v) is 4.92. The molecule has 0 spiro atoms. The highest BCUT2D eigenvalue weighted by atomic mass is 32.2. The van der Waals surface area contributed by atoms with Crippen LogP contribution in [0.5, 0.6) is 0 Å². The van der Waals surface area contributed by atoms with E-state index in [1.165, 1.54) is 12.0 Å². The van der Waals surface area contributed by atoms with E-state index in [9.17, 15) is 8.42 Å². The minimum absolute atomic E-state index is 0.506. The van der Waals surface area contributed by atoms with Gasteiger partial charge in [0, 0.05) is 0 Å². The number of sulfonamides is 1. The van der Waals surface area contributed by atoms with Crippen molar-refractivity contribution >= 4 is 10.0 Å². The first-order valence-electron chi connectivity index (χ1n) is 3.20. The highest BCUT2D eigenvalue weighted by molar-refractivity contribution is 7.92. The molecule has 1 heterocycles. The molecule has 4 nitrogen and oxygen atoms in total. The lowest BCUT2D eigenvalue weighted by molar-refractivity contribution is -0.829. The fourth-order valence-electron chi connectivity index (χ4n) is 0.721. The van der Waals surface area contributed by atoms with Crippen LogP contribution in [0, 0.1) is 6.54 Å². The van der Waals surface area contributed by atoms with Gasteiger partial charge in [-0.15, -0.1) is 0 Å². The van der Waals surface area contributed by atoms with E-state index in [1.807, 2.05) is 21.1 Å². The van der Waals surface area contributed by atoms with Crippen LogP contribution in [-0.2, 0) is 10.0 Å². The molecular weight excluding hydrogens is 164 g/mol. The molecule has 0 amide bonds. The van der Waals surface area contributed by atoms with Crippen LogP contribution >= 0.6 is 0 Å². The van der Waals surface area contributed by atoms with Gasteiger partial charge in [0.05, 0.1) is 21.1 Å². The van der Waals surface area contributed by atoms with Gasteiger partial charge in [0.2, 0.25) is 10.0 Å². The average Bonchev–Trinajstić information content (AvgIpc) is 2.07. The Labute approximate surface area is 67.1 Å². The molecule has 0 bridgehead atoms. The van der Waals surface area contributed by atoms with Gasteiger partial charge in [-0.1, -0.05) is 0 Å². The van der Waals surface area contributed by atoms with Gasteiger partial charge in [0.25, 0.3) is 0 Å². The van der Waals surface area contributed by atoms with Gasteiger partial charge in [0.1, 0.15) is 17.6 Å². The van der Waals surface area contributed by atoms with Gasteiger partial charge in [-0.3, -0.25) is 4.48 Å². The summed E-state index contributed by atoms with van der Waals surface area (Å²) in [7, 11) is 2.56. The lowest BCUT2D eigenvalue weighted by atomic mass is 10.4. The summed E-state index contributed by atoms with van der Waals surface area (Å²) in [5.41, 5.74) is 0.755. The predicted molar refractivity (Wildman–Crippen MR) is 42.5 cm³/mol. The van der Waals surface area contributed by atoms with Crippen molar-refractivity contribution in [2.45, 2.75) is 0 Å². The van der Waals surface area contributed by atoms with Crippen LogP contribution < -0.4 is 4.72 Å². The number of nitrogens with one attached hydrogen (secondary N) is 1. The molecule has 11 heavy (non-hydrogen) atoms. The van der Waals surface area contributed by atoms with Crippen molar-refractivity contribution in [3.63, 3.8) is 0 Å². The van der Waals surface area contributed by atoms with E-state index in [4.69, 9.17) is 0 Å². The van der Waals surface area contributed by atoms with E-state index in [0.29, 0.717) is 4.48 Å². The van der Waals surface area contributed by atoms with E-state index in [2.05, 4.69) is 4.72 Å². The summed E-state index contributed by atoms with van der Waals surface area (Å²) in [6.07, 6.45) is 0. The second kappa shape index (κ2) is 2.30. The standard InChI is InChI=1S/C6H12N2O2S/c1-8(2,3)6-4-7-11(9,10)5-6/h4-5,7H,1-3H3/q+1. The average molecular weight is 176 g/mol. The van der Waals surface area contributed by atoms with E-state index in [-0.39, 0.29) is 0 Å². The minimum Gasteiger partial charge on any atom is -0.300 e. The third-order valence-corrected chi connectivity index (χ3v) is 2.42. The molecule has 1 aliphatic rings. The molecule has 0 aromatic heterocycles. The summed E-state index contributed by atoms with van der Waals surface area (Å²) in [5, 5.41) is 1.24. The van der Waals surface area contributed by atoms with Crippen LogP contribution in [0.2, 0.25) is 0 Å². The Hall–Kier alpha value is -0.390. The van der Waals surface area contributed by atoms with Crippen molar-refractivity contribution in [1.82, 2.24) is 4.72 Å². The monoisotopic (exact) mass is 176 g/mol. The highest BCUT2D eigenvalue weighted by Gasteiger charge is 2.27. The molecule has 0 aromatic carbocycles. The van der Waals surface area contributed by atoms with Crippen molar-refractivity contribution in [2.75, 3.05) is 21.1 Å². The summed E-state index contributed by atoms with van der Waals surface area (Å²) >= 11 is 0. The molecular formula is C6H12N2O2S+. The smallest absolute Gasteiger partial charge is 0.240 e. The number of hydrogen-bond acceptors (Lipinski definition) is 2. The Morgan fingerprint density at radius 2 is 1.91 bits per heavy atom. The number of hydrogen-bond donors (Lipinski definition) is 1. The molecule has 0 saturated carbocycles. The quantitative estimate of drug-likeness (QED) is 0.554. The third-order valence-electron chi connectivity index (χ3n) is 1.42. The molecule has 0 aliphatic carbocycles. The zero-order chi connectivity index (χ0) is 8.70. The topological polar surface area (TPSA) is 46.2 Å². The van der Waals surface area contributed by atoms with Crippen LogP contribution in [0.25, 0.3) is 0 Å². The molecule has 0 saturated heterocycles. The number of likely N-dealkylation sites (N-methyl/N-ethyl adjacent to an activating group) is 1. The van der Waals surface area contributed by atoms with Crippen LogP contribution in [0.3, 0.4) is 0 Å². The Balaban J connectivity index is 2.97. The molecule has 0 fully saturated rings. The number of nitrogens with zero attached hydrogens (tertiary/aromatic N) is 1. The molecule has 1 aliphatic heterocycles. The number of quaternary nitrogens is 1. The summed E-state index contributed by atoms with van der Waals surface area (Å²) < 4.78 is 24.5. The van der Waals surface area contributed by atoms with Gasteiger partial charge < -0.3 is 0 Å². The Morgan fingerprint density at radius 3 is 2.09 bits per heavy atom. The maximum absolute atomic E-state index is 10.9. The molecule has 63 valence electrons. The first-order chi connectivity index (χ1) is 4.81. The zero-order valence-corrected chi connectivity index (χ0v) is 7.64. The fourth-order valence-corrected chi connectivity index (χ4v) is 1.78. The van der Waals surface area contributed by atoms with Gasteiger partial charge in [-0.05, 0) is 0 Å². The summed E-state index contributed by atoms with van der Waals surface area (Å²) in [6, 6.07) is 0. The minimum atomic E-state index is -3.16. The first-order valence-corrected chi connectivity index (χ1v) is 4.75. The lowest BCUT2D eigenvalue weighted by Crippen LogP contribution is -2.33. The molecule has 5 heteroatoms. The SMILES string of the molecule is C[N+](C)(C)C1=CS(=O)(=O)N[CH]1. The molecule has 0 atom stereocenters. The normalized spacial score (nSPS) is 23.4. The van der Waals surface area contributed by atoms with Crippen molar-refractivity contribution in [3.05, 3.63) is 17.6 Å². The first kappa shape index (κ1) is 8.70. The summed E-state index contributed by atoms with van der Waals surface area (Å²) in [6.45, 7) is 1.51. The number of rotatable bonds is 1. The van der Waals surface area contributed by atoms with E-state index < -0.39 is 10.0 Å². The maximum atomic E-state index is 10.9. The Kier molecular flexibility index (Phi) is 1.82. The highest BCUT2D eigenvalue weighted by Crippen LogP contribution is 2.17. The molecule has 0 aromatic rings. The van der Waals surface area contributed by atoms with Crippen LogP contribution in [0.1, 0.15) is 0 Å². The summed E-state index contributed by atoms with van der Waals surface area (Å²) in [5.74, 6) is 0. The maximum Gasteiger partial charge on any atom is 0.240 e. The molecule has 1 rings (SSSR count). The largest absolute Gasteiger partial charge is 0.300 e. The van der Waals surface area contributed by atoms with Crippen molar-refractivity contribution < 1.29 is 12.9 Å². The van der Waals surface area contributed by atoms with E-state index in [1.54, 1.807) is 0 Å².